The molecule has 0 spiro atoms. The molecule has 142 valence electrons. The van der Waals surface area contributed by atoms with Gasteiger partial charge in [0.15, 0.2) is 11.0 Å². The average molecular weight is 390 g/mol. The van der Waals surface area contributed by atoms with Crippen LogP contribution in [0.4, 0.5) is 0 Å². The third-order valence-electron chi connectivity index (χ3n) is 3.92. The summed E-state index contributed by atoms with van der Waals surface area (Å²) in [6.45, 7) is 3.97. The third-order valence-corrected chi connectivity index (χ3v) is 6.65. The Hall–Kier alpha value is -1.02. The molecule has 1 heterocycles. The van der Waals surface area contributed by atoms with Gasteiger partial charge >= 0.3 is 5.97 Å². The van der Waals surface area contributed by atoms with E-state index in [0.29, 0.717) is 17.9 Å². The summed E-state index contributed by atoms with van der Waals surface area (Å²) in [6, 6.07) is 0. The molecular formula is C17H27NO5S2. The summed E-state index contributed by atoms with van der Waals surface area (Å²) in [5.41, 5.74) is 0. The fourth-order valence-corrected chi connectivity index (χ4v) is 5.14. The van der Waals surface area contributed by atoms with E-state index < -0.39 is 21.9 Å². The Labute approximate surface area is 157 Å². The van der Waals surface area contributed by atoms with Gasteiger partial charge in [-0.1, -0.05) is 26.7 Å². The molecule has 1 fully saturated rings. The molecule has 1 aliphatic heterocycles. The molecule has 0 aromatic heterocycles. The zero-order chi connectivity index (χ0) is 18.9. The number of aliphatic carboxylic acids is 1. The van der Waals surface area contributed by atoms with Crippen LogP contribution in [0.15, 0.2) is 0 Å². The van der Waals surface area contributed by atoms with Gasteiger partial charge in [-0.3, -0.25) is 19.2 Å². The van der Waals surface area contributed by atoms with Crippen LogP contribution in [-0.4, -0.2) is 50.2 Å². The molecule has 6 nitrogen and oxygen atoms in total. The van der Waals surface area contributed by atoms with Crippen molar-refractivity contribution in [2.24, 2.45) is 0 Å². The highest BCUT2D eigenvalue weighted by Crippen LogP contribution is 2.34. The summed E-state index contributed by atoms with van der Waals surface area (Å²) in [5.74, 6) is -1.68. The van der Waals surface area contributed by atoms with Crippen LogP contribution < -0.4 is 5.32 Å². The minimum absolute atomic E-state index is 0.107. The summed E-state index contributed by atoms with van der Waals surface area (Å²) >= 11 is 2.12. The molecule has 2 atom stereocenters. The Balaban J connectivity index is 3.13. The van der Waals surface area contributed by atoms with Crippen LogP contribution in [0.2, 0.25) is 0 Å². The van der Waals surface area contributed by atoms with E-state index in [1.165, 1.54) is 0 Å². The van der Waals surface area contributed by atoms with Crippen LogP contribution >= 0.6 is 23.5 Å². The number of Topliss-reactive ketones (excluding diaryl/α,β-unsaturated/α-hetero) is 2. The maximum absolute atomic E-state index is 13.1. The first-order valence-corrected chi connectivity index (χ1v) is 10.8. The number of carbonyl (C=O) groups excluding carboxylic acids is 3. The van der Waals surface area contributed by atoms with Crippen molar-refractivity contribution in [3.8, 4) is 0 Å². The van der Waals surface area contributed by atoms with Crippen molar-refractivity contribution in [3.63, 3.8) is 0 Å². The van der Waals surface area contributed by atoms with Crippen LogP contribution in [0.1, 0.15) is 58.8 Å². The van der Waals surface area contributed by atoms with Crippen molar-refractivity contribution in [3.05, 3.63) is 0 Å². The summed E-state index contributed by atoms with van der Waals surface area (Å²) in [7, 11) is 0. The van der Waals surface area contributed by atoms with Crippen LogP contribution in [0, 0.1) is 0 Å². The molecule has 0 aromatic carbocycles. The van der Waals surface area contributed by atoms with Crippen molar-refractivity contribution in [2.45, 2.75) is 68.9 Å². The fraction of sp³-hybridized carbons (Fsp3) is 0.765. The highest BCUT2D eigenvalue weighted by atomic mass is 32.2. The highest BCUT2D eigenvalue weighted by Gasteiger charge is 2.52. The lowest BCUT2D eigenvalue weighted by atomic mass is 10.0. The SMILES string of the molecule is CCCCSC(C(=O)O)C(=O)C1(SCCCC)NC(=O)CCCC1=O. The van der Waals surface area contributed by atoms with E-state index >= 15 is 0 Å². The Morgan fingerprint density at radius 3 is 2.40 bits per heavy atom. The van der Waals surface area contributed by atoms with E-state index in [1.54, 1.807) is 0 Å². The largest absolute Gasteiger partial charge is 0.480 e. The Bertz CT molecular complexity index is 511. The predicted molar refractivity (Wildman–Crippen MR) is 101 cm³/mol. The number of amides is 1. The van der Waals surface area contributed by atoms with Crippen LogP contribution in [-0.2, 0) is 19.2 Å². The Morgan fingerprint density at radius 2 is 1.80 bits per heavy atom. The minimum atomic E-state index is -1.76. The lowest BCUT2D eigenvalue weighted by molar-refractivity contribution is -0.142. The van der Waals surface area contributed by atoms with Crippen molar-refractivity contribution in [1.29, 1.82) is 0 Å². The minimum Gasteiger partial charge on any atom is -0.480 e. The van der Waals surface area contributed by atoms with Gasteiger partial charge in [0.05, 0.1) is 0 Å². The maximum Gasteiger partial charge on any atom is 0.324 e. The monoisotopic (exact) mass is 389 g/mol. The molecule has 1 rings (SSSR count). The predicted octanol–water partition coefficient (Wildman–Crippen LogP) is 2.64. The van der Waals surface area contributed by atoms with Gasteiger partial charge in [0.25, 0.3) is 0 Å². The van der Waals surface area contributed by atoms with Gasteiger partial charge in [-0.25, -0.2) is 0 Å². The van der Waals surface area contributed by atoms with Gasteiger partial charge in [0.1, 0.15) is 0 Å². The first-order chi connectivity index (χ1) is 11.9. The van der Waals surface area contributed by atoms with Crippen LogP contribution in [0.25, 0.3) is 0 Å². The van der Waals surface area contributed by atoms with E-state index in [-0.39, 0.29) is 24.5 Å². The van der Waals surface area contributed by atoms with Gasteiger partial charge < -0.3 is 10.4 Å². The summed E-state index contributed by atoms with van der Waals surface area (Å²) in [4.78, 5) is 47.8. The van der Waals surface area contributed by atoms with Gasteiger partial charge in [-0.05, 0) is 30.8 Å². The second-order valence-electron chi connectivity index (χ2n) is 6.01. The molecule has 2 unspecified atom stereocenters. The second kappa shape index (κ2) is 10.9. The molecular weight excluding hydrogens is 362 g/mol. The second-order valence-corrected chi connectivity index (χ2v) is 8.54. The molecule has 2 N–H and O–H groups in total. The van der Waals surface area contributed by atoms with Crippen LogP contribution in [0.5, 0.6) is 0 Å². The number of hydrogen-bond donors (Lipinski definition) is 2. The number of carboxylic acid groups (broad SMARTS) is 1. The van der Waals surface area contributed by atoms with E-state index in [4.69, 9.17) is 0 Å². The van der Waals surface area contributed by atoms with E-state index in [0.717, 1.165) is 49.2 Å². The molecule has 8 heteroatoms. The van der Waals surface area contributed by atoms with Crippen molar-refractivity contribution in [1.82, 2.24) is 5.32 Å². The van der Waals surface area contributed by atoms with Crippen molar-refractivity contribution in [2.75, 3.05) is 11.5 Å². The van der Waals surface area contributed by atoms with Gasteiger partial charge in [0.2, 0.25) is 16.6 Å². The van der Waals surface area contributed by atoms with Crippen LogP contribution in [0.3, 0.4) is 0 Å². The lowest BCUT2D eigenvalue weighted by Gasteiger charge is -2.32. The molecule has 1 amide bonds. The van der Waals surface area contributed by atoms with Crippen molar-refractivity contribution >= 4 is 47.0 Å². The smallest absolute Gasteiger partial charge is 0.324 e. The number of ketones is 2. The normalized spacial score (nSPS) is 22.2. The Morgan fingerprint density at radius 1 is 1.16 bits per heavy atom. The van der Waals surface area contributed by atoms with E-state index in [9.17, 15) is 24.3 Å². The number of thioether (sulfide) groups is 2. The number of nitrogens with one attached hydrogen (secondary N) is 1. The highest BCUT2D eigenvalue weighted by molar-refractivity contribution is 8.03. The molecule has 0 saturated carbocycles. The average Bonchev–Trinajstić information content (AvgIpc) is 2.70. The number of carboxylic acids is 1. The number of carbonyl (C=O) groups is 4. The maximum atomic E-state index is 13.1. The molecule has 1 saturated heterocycles. The van der Waals surface area contributed by atoms with Gasteiger partial charge in [-0.15, -0.1) is 23.5 Å². The topological polar surface area (TPSA) is 101 Å². The molecule has 0 aliphatic carbocycles. The molecule has 0 aromatic rings. The zero-order valence-electron chi connectivity index (χ0n) is 14.8. The zero-order valence-corrected chi connectivity index (χ0v) is 16.5. The van der Waals surface area contributed by atoms with Crippen molar-refractivity contribution < 1.29 is 24.3 Å². The van der Waals surface area contributed by atoms with E-state index in [1.807, 2.05) is 13.8 Å². The standard InChI is InChI=1S/C17H27NO5S2/c1-3-5-10-24-14(16(22)23)15(21)17(25-11-6-4-2)12(19)8-7-9-13(20)18-17/h14H,3-11H2,1-2H3,(H,18,20)(H,22,23). The van der Waals surface area contributed by atoms with E-state index in [2.05, 4.69) is 5.32 Å². The third kappa shape index (κ3) is 6.02. The Kier molecular flexibility index (Phi) is 9.56. The lowest BCUT2D eigenvalue weighted by Crippen LogP contribution is -2.60. The molecule has 0 radical (unpaired) electrons. The quantitative estimate of drug-likeness (QED) is 0.414. The molecule has 25 heavy (non-hydrogen) atoms. The summed E-state index contributed by atoms with van der Waals surface area (Å²) in [6.07, 6.45) is 4.01. The number of unbranched alkanes of at least 4 members (excludes halogenated alkanes) is 2. The van der Waals surface area contributed by atoms with Gasteiger partial charge in [0, 0.05) is 12.8 Å². The fourth-order valence-electron chi connectivity index (χ4n) is 2.46. The first kappa shape index (κ1) is 22.0. The molecule has 0 bridgehead atoms. The first-order valence-electron chi connectivity index (χ1n) is 8.76. The summed E-state index contributed by atoms with van der Waals surface area (Å²) < 4.78 is 0. The number of rotatable bonds is 11. The summed E-state index contributed by atoms with van der Waals surface area (Å²) in [5, 5.41) is 10.7. The molecule has 1 aliphatic rings. The van der Waals surface area contributed by atoms with Gasteiger partial charge in [-0.2, -0.15) is 0 Å². The number of hydrogen-bond acceptors (Lipinski definition) is 6.